The maximum absolute atomic E-state index is 10.2. The maximum atomic E-state index is 10.2. The first-order chi connectivity index (χ1) is 4.31. The van der Waals surface area contributed by atoms with E-state index in [1.807, 2.05) is 6.11 Å². The molecular weight excluding hydrogens is 120 g/mol. The molecule has 4 heteroatoms. The number of ether oxygens (including phenoxy) is 1. The van der Waals surface area contributed by atoms with E-state index < -0.39 is 5.97 Å². The average molecular weight is 124 g/mol. The second-order valence-electron chi connectivity index (χ2n) is 1.02. The van der Waals surface area contributed by atoms with E-state index in [9.17, 15) is 4.79 Å². The van der Waals surface area contributed by atoms with Crippen molar-refractivity contribution in [3.8, 4) is 12.0 Å². The van der Waals surface area contributed by atoms with E-state index in [-0.39, 0.29) is 0 Å². The van der Waals surface area contributed by atoms with E-state index in [1.165, 1.54) is 6.92 Å². The van der Waals surface area contributed by atoms with E-state index in [4.69, 9.17) is 5.53 Å². The van der Waals surface area contributed by atoms with Gasteiger partial charge in [-0.2, -0.15) is 4.79 Å². The van der Waals surface area contributed by atoms with Gasteiger partial charge in [0.25, 0.3) is 0 Å². The van der Waals surface area contributed by atoms with Crippen LogP contribution in [0.4, 0.5) is 0 Å². The van der Waals surface area contributed by atoms with Crippen molar-refractivity contribution >= 4 is 12.2 Å². The van der Waals surface area contributed by atoms with Gasteiger partial charge in [0.1, 0.15) is 6.11 Å². The number of hydrogen-bond donors (Lipinski definition) is 0. The lowest BCUT2D eigenvalue weighted by Crippen LogP contribution is -2.00. The van der Waals surface area contributed by atoms with Gasteiger partial charge in [-0.3, -0.25) is 0 Å². The van der Waals surface area contributed by atoms with Crippen molar-refractivity contribution in [3.63, 3.8) is 0 Å². The van der Waals surface area contributed by atoms with Crippen molar-refractivity contribution < 1.29 is 14.3 Å². The van der Waals surface area contributed by atoms with Crippen LogP contribution in [0.15, 0.2) is 0 Å². The van der Waals surface area contributed by atoms with Crippen LogP contribution in [-0.4, -0.2) is 17.0 Å². The Labute approximate surface area is 52.1 Å². The molecule has 0 spiro atoms. The Morgan fingerprint density at radius 2 is 2.56 bits per heavy atom. The highest BCUT2D eigenvalue weighted by molar-refractivity contribution is 6.20. The summed E-state index contributed by atoms with van der Waals surface area (Å²) in [5.74, 6) is 1.54. The van der Waals surface area contributed by atoms with Crippen LogP contribution in [0, 0.1) is 12.0 Å². The maximum Gasteiger partial charge on any atom is 0.427 e. The Hall–Kier alpha value is -1.59. The summed E-state index contributed by atoms with van der Waals surface area (Å²) in [6.07, 6.45) is 2.65. The molecule has 0 rings (SSSR count). The van der Waals surface area contributed by atoms with Gasteiger partial charge in [-0.05, 0) is 0 Å². The van der Waals surface area contributed by atoms with Crippen molar-refractivity contribution in [2.45, 2.75) is 6.92 Å². The normalized spacial score (nSPS) is 5.89. The number of carbonyl (C=O) groups excluding carboxylic acids is 1. The fraction of sp³-hybridized carbons (Fsp3) is 0.200. The van der Waals surface area contributed by atoms with Crippen molar-refractivity contribution in [1.82, 2.24) is 0 Å². The minimum absolute atomic E-state index is 0.615. The molecule has 0 aliphatic heterocycles. The summed E-state index contributed by atoms with van der Waals surface area (Å²) in [6, 6.07) is 0. The highest BCUT2D eigenvalue weighted by atomic mass is 16.5. The fourth-order valence-electron chi connectivity index (χ4n) is 0.175. The molecule has 0 bridgehead atoms. The van der Waals surface area contributed by atoms with Gasteiger partial charge in [0.2, 0.25) is 0 Å². The molecule has 0 saturated carbocycles. The third-order valence-electron chi connectivity index (χ3n) is 0.417. The standard InChI is InChI=1S/C5H4N2O2/c1-2-3-9-5(8)4-7-6/h4H,1H3. The smallest absolute Gasteiger partial charge is 0.364 e. The lowest BCUT2D eigenvalue weighted by atomic mass is 10.7. The summed E-state index contributed by atoms with van der Waals surface area (Å²) in [7, 11) is 0. The quantitative estimate of drug-likeness (QED) is 0.160. The van der Waals surface area contributed by atoms with Crippen LogP contribution in [0.5, 0.6) is 0 Å². The molecule has 0 N–H and O–H groups in total. The number of rotatable bonds is 1. The Morgan fingerprint density at radius 1 is 1.89 bits per heavy atom. The van der Waals surface area contributed by atoms with Crippen molar-refractivity contribution in [2.24, 2.45) is 0 Å². The van der Waals surface area contributed by atoms with Crippen molar-refractivity contribution in [2.75, 3.05) is 0 Å². The second kappa shape index (κ2) is 4.57. The van der Waals surface area contributed by atoms with Gasteiger partial charge in [-0.25, -0.2) is 4.79 Å². The largest absolute Gasteiger partial charge is 0.427 e. The molecule has 0 unspecified atom stereocenters. The molecule has 0 aromatic carbocycles. The van der Waals surface area contributed by atoms with Gasteiger partial charge in [-0.15, -0.1) is 0 Å². The minimum atomic E-state index is -0.785. The van der Waals surface area contributed by atoms with Gasteiger partial charge in [0.05, 0.1) is 0 Å². The van der Waals surface area contributed by atoms with Crippen LogP contribution in [0.1, 0.15) is 6.92 Å². The zero-order chi connectivity index (χ0) is 7.11. The third-order valence-corrected chi connectivity index (χ3v) is 0.417. The van der Waals surface area contributed by atoms with E-state index in [0.717, 1.165) is 0 Å². The van der Waals surface area contributed by atoms with E-state index in [2.05, 4.69) is 15.4 Å². The highest BCUT2D eigenvalue weighted by Crippen LogP contribution is 1.66. The predicted molar refractivity (Wildman–Crippen MR) is 29.2 cm³/mol. The number of carbonyl (C=O) groups is 1. The summed E-state index contributed by atoms with van der Waals surface area (Å²) < 4.78 is 4.12. The SMILES string of the molecule is CC#COC(=O)C=[N+]=[N-]. The van der Waals surface area contributed by atoms with Crippen LogP contribution in [0.2, 0.25) is 0 Å². The third kappa shape index (κ3) is 4.26. The Balaban J connectivity index is 3.73. The van der Waals surface area contributed by atoms with E-state index >= 15 is 0 Å². The number of hydrogen-bond acceptors (Lipinski definition) is 2. The zero-order valence-electron chi connectivity index (χ0n) is 4.79. The average Bonchev–Trinajstić information content (AvgIpc) is 1.85. The molecule has 0 fully saturated rings. The molecule has 46 valence electrons. The summed E-state index contributed by atoms with van der Waals surface area (Å²) in [4.78, 5) is 12.6. The first-order valence-electron chi connectivity index (χ1n) is 2.11. The molecule has 0 aromatic rings. The number of esters is 1. The Morgan fingerprint density at radius 3 is 3.00 bits per heavy atom. The van der Waals surface area contributed by atoms with Crippen LogP contribution in [0.3, 0.4) is 0 Å². The van der Waals surface area contributed by atoms with E-state index in [1.54, 1.807) is 0 Å². The highest BCUT2D eigenvalue weighted by Gasteiger charge is 1.98. The van der Waals surface area contributed by atoms with E-state index in [0.29, 0.717) is 6.21 Å². The van der Waals surface area contributed by atoms with Crippen LogP contribution in [0.25, 0.3) is 5.53 Å². The van der Waals surface area contributed by atoms with Crippen molar-refractivity contribution in [3.05, 3.63) is 5.53 Å². The zero-order valence-corrected chi connectivity index (χ0v) is 4.79. The van der Waals surface area contributed by atoms with Gasteiger partial charge in [-0.1, -0.05) is 5.92 Å². The van der Waals surface area contributed by atoms with Crippen LogP contribution in [-0.2, 0) is 9.53 Å². The van der Waals surface area contributed by atoms with Gasteiger partial charge < -0.3 is 10.3 Å². The van der Waals surface area contributed by atoms with Gasteiger partial charge in [0.15, 0.2) is 0 Å². The molecule has 0 radical (unpaired) electrons. The summed E-state index contributed by atoms with van der Waals surface area (Å²) >= 11 is 0. The monoisotopic (exact) mass is 124 g/mol. The van der Waals surface area contributed by atoms with Gasteiger partial charge in [0, 0.05) is 6.92 Å². The molecule has 0 saturated heterocycles. The molecular formula is C5H4N2O2. The lowest BCUT2D eigenvalue weighted by molar-refractivity contribution is -0.132. The summed E-state index contributed by atoms with van der Waals surface area (Å²) in [5.41, 5.74) is 7.76. The molecule has 0 aliphatic carbocycles. The van der Waals surface area contributed by atoms with Crippen LogP contribution < -0.4 is 0 Å². The first-order valence-corrected chi connectivity index (χ1v) is 2.11. The Kier molecular flexibility index (Phi) is 3.76. The minimum Gasteiger partial charge on any atom is -0.364 e. The van der Waals surface area contributed by atoms with Crippen molar-refractivity contribution in [1.29, 1.82) is 0 Å². The molecule has 0 amide bonds. The van der Waals surface area contributed by atoms with Crippen LogP contribution >= 0.6 is 0 Å². The first kappa shape index (κ1) is 7.41. The summed E-state index contributed by atoms with van der Waals surface area (Å²) in [6.45, 7) is 1.52. The molecule has 9 heavy (non-hydrogen) atoms. The molecule has 4 nitrogen and oxygen atoms in total. The van der Waals surface area contributed by atoms with Gasteiger partial charge >= 0.3 is 12.2 Å². The lowest BCUT2D eigenvalue weighted by Gasteiger charge is -1.77. The Bertz CT molecular complexity index is 205. The molecule has 0 heterocycles. The predicted octanol–water partition coefficient (Wildman–Crippen LogP) is -0.189. The topological polar surface area (TPSA) is 62.7 Å². The molecule has 0 aromatic heterocycles. The fourth-order valence-corrected chi connectivity index (χ4v) is 0.175. The molecule has 0 aliphatic rings. The number of nitrogens with zero attached hydrogens (tertiary/aromatic N) is 2. The second-order valence-corrected chi connectivity index (χ2v) is 1.02. The summed E-state index contributed by atoms with van der Waals surface area (Å²) in [5, 5.41) is 0. The molecule has 0 atom stereocenters.